The molecule has 3 unspecified atom stereocenters. The molecule has 0 radical (unpaired) electrons. The summed E-state index contributed by atoms with van der Waals surface area (Å²) in [6.45, 7) is 7.39. The van der Waals surface area contributed by atoms with Crippen molar-refractivity contribution in [2.24, 2.45) is 23.0 Å². The van der Waals surface area contributed by atoms with Crippen LogP contribution >= 0.6 is 0 Å². The highest BCUT2D eigenvalue weighted by atomic mass is 16.2. The number of rotatable bonds is 3. The van der Waals surface area contributed by atoms with Crippen LogP contribution in [0.25, 0.3) is 0 Å². The van der Waals surface area contributed by atoms with Crippen molar-refractivity contribution in [1.82, 2.24) is 4.90 Å². The zero-order valence-electron chi connectivity index (χ0n) is 13.7. The van der Waals surface area contributed by atoms with Gasteiger partial charge >= 0.3 is 0 Å². The largest absolute Gasteiger partial charge is 0.368 e. The number of hydrogen-bond donors (Lipinski definition) is 1. The van der Waals surface area contributed by atoms with E-state index in [2.05, 4.69) is 20.8 Å². The zero-order chi connectivity index (χ0) is 15.6. The minimum Gasteiger partial charge on any atom is -0.368 e. The Labute approximate surface area is 128 Å². The molecule has 1 aliphatic heterocycles. The lowest BCUT2D eigenvalue weighted by Crippen LogP contribution is -2.52. The SMILES string of the molecule is CC1CCN(C(=O)CC2CCCC(C)(C)C2)C(C(N)=O)C1. The van der Waals surface area contributed by atoms with Gasteiger partial charge in [-0.05, 0) is 49.4 Å². The Morgan fingerprint density at radius 3 is 2.62 bits per heavy atom. The highest BCUT2D eigenvalue weighted by molar-refractivity contribution is 5.87. The molecule has 3 atom stereocenters. The number of nitrogens with zero attached hydrogens (tertiary/aromatic N) is 1. The maximum Gasteiger partial charge on any atom is 0.240 e. The van der Waals surface area contributed by atoms with E-state index < -0.39 is 6.04 Å². The summed E-state index contributed by atoms with van der Waals surface area (Å²) in [5.41, 5.74) is 5.85. The maximum atomic E-state index is 12.6. The number of hydrogen-bond acceptors (Lipinski definition) is 2. The van der Waals surface area contributed by atoms with Crippen LogP contribution in [0, 0.1) is 17.3 Å². The first-order chi connectivity index (χ1) is 9.78. The third-order valence-corrected chi connectivity index (χ3v) is 5.28. The van der Waals surface area contributed by atoms with E-state index in [1.807, 2.05) is 0 Å². The van der Waals surface area contributed by atoms with Crippen molar-refractivity contribution in [3.8, 4) is 0 Å². The molecule has 4 nitrogen and oxygen atoms in total. The van der Waals surface area contributed by atoms with Gasteiger partial charge in [-0.25, -0.2) is 0 Å². The van der Waals surface area contributed by atoms with Crippen LogP contribution in [0.1, 0.15) is 65.7 Å². The maximum absolute atomic E-state index is 12.6. The van der Waals surface area contributed by atoms with Crippen LogP contribution in [0.3, 0.4) is 0 Å². The van der Waals surface area contributed by atoms with Gasteiger partial charge in [0.25, 0.3) is 0 Å². The summed E-state index contributed by atoms with van der Waals surface area (Å²) >= 11 is 0. The minimum absolute atomic E-state index is 0.133. The van der Waals surface area contributed by atoms with Gasteiger partial charge in [-0.15, -0.1) is 0 Å². The van der Waals surface area contributed by atoms with Crippen molar-refractivity contribution in [2.45, 2.75) is 71.8 Å². The Hall–Kier alpha value is -1.06. The molecule has 1 aliphatic carbocycles. The van der Waals surface area contributed by atoms with E-state index in [0.717, 1.165) is 25.7 Å². The Morgan fingerprint density at radius 1 is 1.29 bits per heavy atom. The fourth-order valence-corrected chi connectivity index (χ4v) is 4.10. The average molecular weight is 294 g/mol. The van der Waals surface area contributed by atoms with Gasteiger partial charge in [0.05, 0.1) is 0 Å². The number of likely N-dealkylation sites (tertiary alicyclic amines) is 1. The van der Waals surface area contributed by atoms with Gasteiger partial charge in [-0.2, -0.15) is 0 Å². The number of carbonyl (C=O) groups excluding carboxylic acids is 2. The summed E-state index contributed by atoms with van der Waals surface area (Å²) in [5, 5.41) is 0. The van der Waals surface area contributed by atoms with Gasteiger partial charge in [0, 0.05) is 13.0 Å². The Balaban J connectivity index is 1.96. The topological polar surface area (TPSA) is 63.4 Å². The first-order valence-electron chi connectivity index (χ1n) is 8.37. The van der Waals surface area contributed by atoms with Crippen molar-refractivity contribution in [3.63, 3.8) is 0 Å². The van der Waals surface area contributed by atoms with E-state index in [1.54, 1.807) is 4.90 Å². The van der Waals surface area contributed by atoms with E-state index in [-0.39, 0.29) is 11.8 Å². The molecular formula is C17H30N2O2. The van der Waals surface area contributed by atoms with Gasteiger partial charge in [-0.1, -0.05) is 27.2 Å². The molecule has 0 spiro atoms. The number of nitrogens with two attached hydrogens (primary N) is 1. The van der Waals surface area contributed by atoms with Crippen molar-refractivity contribution in [3.05, 3.63) is 0 Å². The second-order valence-corrected chi connectivity index (χ2v) is 7.97. The van der Waals surface area contributed by atoms with Gasteiger partial charge in [-0.3, -0.25) is 9.59 Å². The molecule has 2 N–H and O–H groups in total. The predicted molar refractivity (Wildman–Crippen MR) is 83.4 cm³/mol. The smallest absolute Gasteiger partial charge is 0.240 e. The molecule has 4 heteroatoms. The summed E-state index contributed by atoms with van der Waals surface area (Å²) in [6, 6.07) is -0.391. The molecule has 1 heterocycles. The number of carbonyl (C=O) groups is 2. The second kappa shape index (κ2) is 6.37. The zero-order valence-corrected chi connectivity index (χ0v) is 13.7. The molecule has 0 bridgehead atoms. The van der Waals surface area contributed by atoms with Gasteiger partial charge in [0.2, 0.25) is 11.8 Å². The van der Waals surface area contributed by atoms with Gasteiger partial charge in [0.15, 0.2) is 0 Å². The number of primary amides is 1. The minimum atomic E-state index is -0.391. The average Bonchev–Trinajstić information content (AvgIpc) is 2.37. The van der Waals surface area contributed by atoms with Crippen LogP contribution in [0.15, 0.2) is 0 Å². The Bertz CT molecular complexity index is 406. The Kier molecular flexibility index (Phi) is 4.95. The summed E-state index contributed by atoms with van der Waals surface area (Å²) in [6.07, 6.45) is 7.00. The first-order valence-corrected chi connectivity index (χ1v) is 8.37. The van der Waals surface area contributed by atoms with Crippen LogP contribution in [-0.4, -0.2) is 29.3 Å². The number of amides is 2. The standard InChI is InChI=1S/C17H30N2O2/c1-12-6-8-19(14(9-12)16(18)21)15(20)10-13-5-4-7-17(2,3)11-13/h12-14H,4-11H2,1-3H3,(H2,18,21). The predicted octanol–water partition coefficient (Wildman–Crippen LogP) is 2.71. The number of piperidine rings is 1. The van der Waals surface area contributed by atoms with Crippen molar-refractivity contribution in [2.75, 3.05) is 6.54 Å². The van der Waals surface area contributed by atoms with E-state index in [0.29, 0.717) is 30.2 Å². The molecule has 2 amide bonds. The van der Waals surface area contributed by atoms with Crippen LogP contribution < -0.4 is 5.73 Å². The second-order valence-electron chi connectivity index (χ2n) is 7.97. The lowest BCUT2D eigenvalue weighted by atomic mass is 9.71. The summed E-state index contributed by atoms with van der Waals surface area (Å²) in [7, 11) is 0. The molecule has 0 aromatic carbocycles. The fraction of sp³-hybridized carbons (Fsp3) is 0.882. The molecule has 21 heavy (non-hydrogen) atoms. The van der Waals surface area contributed by atoms with E-state index in [1.165, 1.54) is 12.8 Å². The molecule has 120 valence electrons. The Morgan fingerprint density at radius 2 is 2.00 bits per heavy atom. The van der Waals surface area contributed by atoms with Gasteiger partial charge in [0.1, 0.15) is 6.04 Å². The molecule has 1 saturated heterocycles. The molecule has 0 aromatic heterocycles. The highest BCUT2D eigenvalue weighted by Crippen LogP contribution is 2.40. The molecule has 2 rings (SSSR count). The van der Waals surface area contributed by atoms with E-state index >= 15 is 0 Å². The van der Waals surface area contributed by atoms with Crippen LogP contribution in [0.4, 0.5) is 0 Å². The third kappa shape index (κ3) is 4.21. The lowest BCUT2D eigenvalue weighted by Gasteiger charge is -2.39. The summed E-state index contributed by atoms with van der Waals surface area (Å²) in [5.74, 6) is 0.724. The van der Waals surface area contributed by atoms with Crippen LogP contribution in [0.2, 0.25) is 0 Å². The lowest BCUT2D eigenvalue weighted by molar-refractivity contribution is -0.143. The van der Waals surface area contributed by atoms with Crippen LogP contribution in [-0.2, 0) is 9.59 Å². The molecule has 2 fully saturated rings. The third-order valence-electron chi connectivity index (χ3n) is 5.28. The van der Waals surface area contributed by atoms with Crippen molar-refractivity contribution in [1.29, 1.82) is 0 Å². The van der Waals surface area contributed by atoms with Crippen molar-refractivity contribution < 1.29 is 9.59 Å². The highest BCUT2D eigenvalue weighted by Gasteiger charge is 2.36. The van der Waals surface area contributed by atoms with Crippen molar-refractivity contribution >= 4 is 11.8 Å². The quantitative estimate of drug-likeness (QED) is 0.870. The first kappa shape index (κ1) is 16.3. The molecule has 2 aliphatic rings. The molecular weight excluding hydrogens is 264 g/mol. The molecule has 0 aromatic rings. The van der Waals surface area contributed by atoms with E-state index in [4.69, 9.17) is 5.73 Å². The van der Waals surface area contributed by atoms with E-state index in [9.17, 15) is 9.59 Å². The monoisotopic (exact) mass is 294 g/mol. The molecule has 1 saturated carbocycles. The summed E-state index contributed by atoms with van der Waals surface area (Å²) < 4.78 is 0. The van der Waals surface area contributed by atoms with Gasteiger partial charge < -0.3 is 10.6 Å². The fourth-order valence-electron chi connectivity index (χ4n) is 4.10. The van der Waals surface area contributed by atoms with Crippen LogP contribution in [0.5, 0.6) is 0 Å². The summed E-state index contributed by atoms with van der Waals surface area (Å²) in [4.78, 5) is 26.0. The normalized spacial score (nSPS) is 32.7.